The highest BCUT2D eigenvalue weighted by Gasteiger charge is 2.39. The van der Waals surface area contributed by atoms with Gasteiger partial charge in [-0.05, 0) is 58.3 Å². The molecular formula is C18H23N3O2S. The molecule has 2 aromatic heterocycles. The van der Waals surface area contributed by atoms with Crippen LogP contribution in [-0.4, -0.2) is 52.9 Å². The van der Waals surface area contributed by atoms with E-state index in [1.165, 1.54) is 24.2 Å². The molecule has 0 aromatic carbocycles. The predicted octanol–water partition coefficient (Wildman–Crippen LogP) is 3.41. The smallest absolute Gasteiger partial charge is 0.273 e. The molecule has 0 bridgehead atoms. The number of carbonyl (C=O) groups is 1. The van der Waals surface area contributed by atoms with E-state index < -0.39 is 0 Å². The lowest BCUT2D eigenvalue weighted by atomic mass is 10.0. The Morgan fingerprint density at radius 3 is 2.79 bits per heavy atom. The minimum Gasteiger partial charge on any atom is -0.462 e. The number of amides is 1. The maximum Gasteiger partial charge on any atom is 0.273 e. The molecule has 2 atom stereocenters. The number of carbonyl (C=O) groups excluding carboxylic acids is 1. The van der Waals surface area contributed by atoms with Crippen LogP contribution < -0.4 is 0 Å². The Morgan fingerprint density at radius 2 is 2.08 bits per heavy atom. The predicted molar refractivity (Wildman–Crippen MR) is 94.3 cm³/mol. The van der Waals surface area contributed by atoms with Crippen molar-refractivity contribution in [1.82, 2.24) is 14.8 Å². The van der Waals surface area contributed by atoms with Crippen molar-refractivity contribution in [2.45, 2.75) is 44.7 Å². The maximum absolute atomic E-state index is 13.1. The van der Waals surface area contributed by atoms with Gasteiger partial charge in [-0.25, -0.2) is 4.98 Å². The summed E-state index contributed by atoms with van der Waals surface area (Å²) in [5.74, 6) is 0.819. The highest BCUT2D eigenvalue weighted by atomic mass is 32.1. The maximum atomic E-state index is 13.1. The van der Waals surface area contributed by atoms with Crippen LogP contribution >= 0.6 is 11.3 Å². The zero-order valence-corrected chi connectivity index (χ0v) is 15.0. The lowest BCUT2D eigenvalue weighted by Gasteiger charge is -2.33. The van der Waals surface area contributed by atoms with Crippen LogP contribution in [0.1, 0.15) is 41.0 Å². The first kappa shape index (κ1) is 15.8. The largest absolute Gasteiger partial charge is 0.462 e. The Labute approximate surface area is 146 Å². The third-order valence-corrected chi connectivity index (χ3v) is 6.30. The number of rotatable bonds is 3. The van der Waals surface area contributed by atoms with Crippen molar-refractivity contribution in [2.75, 3.05) is 20.1 Å². The van der Waals surface area contributed by atoms with Gasteiger partial charge in [-0.3, -0.25) is 4.79 Å². The first-order chi connectivity index (χ1) is 11.6. The average molecular weight is 345 g/mol. The van der Waals surface area contributed by atoms with E-state index in [4.69, 9.17) is 4.42 Å². The molecule has 0 saturated carbocycles. The minimum absolute atomic E-state index is 0.0874. The highest BCUT2D eigenvalue weighted by Crippen LogP contribution is 2.33. The van der Waals surface area contributed by atoms with Crippen LogP contribution in [-0.2, 0) is 0 Å². The highest BCUT2D eigenvalue weighted by molar-refractivity contribution is 7.15. The van der Waals surface area contributed by atoms with E-state index in [9.17, 15) is 4.79 Å². The Balaban J connectivity index is 1.59. The number of furan rings is 1. The number of thiazole rings is 1. The summed E-state index contributed by atoms with van der Waals surface area (Å²) >= 11 is 1.53. The summed E-state index contributed by atoms with van der Waals surface area (Å²) in [5, 5.41) is 0.787. The van der Waals surface area contributed by atoms with E-state index in [-0.39, 0.29) is 5.91 Å². The summed E-state index contributed by atoms with van der Waals surface area (Å²) < 4.78 is 5.43. The van der Waals surface area contributed by atoms with Gasteiger partial charge >= 0.3 is 0 Å². The summed E-state index contributed by atoms with van der Waals surface area (Å²) in [6.45, 7) is 3.96. The lowest BCUT2D eigenvalue weighted by Crippen LogP contribution is -2.47. The number of aromatic nitrogens is 1. The van der Waals surface area contributed by atoms with Crippen LogP contribution in [0.4, 0.5) is 0 Å². The molecule has 0 spiro atoms. The van der Waals surface area contributed by atoms with Crippen molar-refractivity contribution in [3.63, 3.8) is 0 Å². The lowest BCUT2D eigenvalue weighted by molar-refractivity contribution is 0.0658. The molecule has 0 radical (unpaired) electrons. The molecule has 6 heteroatoms. The van der Waals surface area contributed by atoms with E-state index in [1.54, 1.807) is 6.26 Å². The number of aryl methyl sites for hydroxylation is 1. The van der Waals surface area contributed by atoms with E-state index in [2.05, 4.69) is 21.8 Å². The number of hydrogen-bond acceptors (Lipinski definition) is 5. The standard InChI is InChI=1S/C18H23N3O2S/c1-12-16(19-17(24-12)15-8-5-11-23-15)18(22)21-10-4-7-14(21)13-6-3-9-20(13)2/h5,8,11,13-14H,3-4,6-7,9-10H2,1-2H3/t13-,14+/m0/s1. The van der Waals surface area contributed by atoms with E-state index in [1.807, 2.05) is 19.1 Å². The molecule has 2 aromatic rings. The van der Waals surface area contributed by atoms with Gasteiger partial charge in [0.05, 0.1) is 6.26 Å². The topological polar surface area (TPSA) is 49.6 Å². The molecule has 0 unspecified atom stereocenters. The monoisotopic (exact) mass is 345 g/mol. The fraction of sp³-hybridized carbons (Fsp3) is 0.556. The van der Waals surface area contributed by atoms with Gasteiger partial charge in [0.25, 0.3) is 5.91 Å². The summed E-state index contributed by atoms with van der Waals surface area (Å²) in [6, 6.07) is 4.57. The van der Waals surface area contributed by atoms with Gasteiger partial charge in [-0.1, -0.05) is 0 Å². The van der Waals surface area contributed by atoms with Crippen molar-refractivity contribution in [3.8, 4) is 10.8 Å². The molecule has 4 heterocycles. The fourth-order valence-electron chi connectivity index (χ4n) is 4.10. The number of hydrogen-bond donors (Lipinski definition) is 0. The molecule has 24 heavy (non-hydrogen) atoms. The first-order valence-corrected chi connectivity index (χ1v) is 9.49. The quantitative estimate of drug-likeness (QED) is 0.855. The molecule has 2 saturated heterocycles. The summed E-state index contributed by atoms with van der Waals surface area (Å²) in [4.78, 5) is 23.2. The van der Waals surface area contributed by atoms with Crippen LogP contribution in [0.3, 0.4) is 0 Å². The van der Waals surface area contributed by atoms with Gasteiger partial charge in [0, 0.05) is 23.5 Å². The molecule has 128 valence electrons. The SMILES string of the molecule is Cc1sc(-c2ccco2)nc1C(=O)N1CCC[C@@H]1[C@@H]1CCCN1C. The van der Waals surface area contributed by atoms with Crippen LogP contribution in [0.5, 0.6) is 0 Å². The summed E-state index contributed by atoms with van der Waals surface area (Å²) in [6.07, 6.45) is 6.26. The Bertz CT molecular complexity index is 725. The van der Waals surface area contributed by atoms with E-state index in [0.717, 1.165) is 41.6 Å². The van der Waals surface area contributed by atoms with Crippen LogP contribution in [0.2, 0.25) is 0 Å². The third-order valence-electron chi connectivity index (χ3n) is 5.31. The van der Waals surface area contributed by atoms with Gasteiger partial charge in [0.15, 0.2) is 10.8 Å². The van der Waals surface area contributed by atoms with Crippen molar-refractivity contribution in [3.05, 3.63) is 29.0 Å². The van der Waals surface area contributed by atoms with E-state index in [0.29, 0.717) is 17.8 Å². The molecule has 0 N–H and O–H groups in total. The van der Waals surface area contributed by atoms with Crippen molar-refractivity contribution < 1.29 is 9.21 Å². The van der Waals surface area contributed by atoms with Crippen LogP contribution in [0.15, 0.2) is 22.8 Å². The molecular weight excluding hydrogens is 322 g/mol. The summed E-state index contributed by atoms with van der Waals surface area (Å²) in [5.41, 5.74) is 0.596. The normalized spacial score (nSPS) is 24.8. The molecule has 5 nitrogen and oxygen atoms in total. The molecule has 4 rings (SSSR count). The number of likely N-dealkylation sites (N-methyl/N-ethyl adjacent to an activating group) is 1. The second kappa shape index (κ2) is 6.33. The zero-order valence-electron chi connectivity index (χ0n) is 14.2. The average Bonchev–Trinajstić information content (AvgIpc) is 3.33. The van der Waals surface area contributed by atoms with E-state index >= 15 is 0 Å². The molecule has 2 aliphatic rings. The van der Waals surface area contributed by atoms with Crippen molar-refractivity contribution >= 4 is 17.2 Å². The molecule has 2 aliphatic heterocycles. The Morgan fingerprint density at radius 1 is 1.29 bits per heavy atom. The molecule has 1 amide bonds. The minimum atomic E-state index is 0.0874. The third kappa shape index (κ3) is 2.67. The Hall–Kier alpha value is -1.66. The zero-order chi connectivity index (χ0) is 16.7. The second-order valence-corrected chi connectivity index (χ2v) is 8.00. The number of likely N-dealkylation sites (tertiary alicyclic amines) is 2. The van der Waals surface area contributed by atoms with Crippen molar-refractivity contribution in [1.29, 1.82) is 0 Å². The van der Waals surface area contributed by atoms with Crippen LogP contribution in [0, 0.1) is 6.92 Å². The molecule has 0 aliphatic carbocycles. The van der Waals surface area contributed by atoms with Gasteiger partial charge < -0.3 is 14.2 Å². The molecule has 2 fully saturated rings. The van der Waals surface area contributed by atoms with Gasteiger partial charge in [0.1, 0.15) is 5.69 Å². The Kier molecular flexibility index (Phi) is 4.18. The first-order valence-electron chi connectivity index (χ1n) is 8.67. The second-order valence-electron chi connectivity index (χ2n) is 6.80. The van der Waals surface area contributed by atoms with Gasteiger partial charge in [-0.2, -0.15) is 0 Å². The van der Waals surface area contributed by atoms with Crippen molar-refractivity contribution in [2.24, 2.45) is 0 Å². The van der Waals surface area contributed by atoms with Crippen LogP contribution in [0.25, 0.3) is 10.8 Å². The van der Waals surface area contributed by atoms with Gasteiger partial charge in [0.2, 0.25) is 0 Å². The van der Waals surface area contributed by atoms with Gasteiger partial charge in [-0.15, -0.1) is 11.3 Å². The fourth-order valence-corrected chi connectivity index (χ4v) is 4.98. The number of nitrogens with zero attached hydrogens (tertiary/aromatic N) is 3. The summed E-state index contributed by atoms with van der Waals surface area (Å²) in [7, 11) is 2.18.